The van der Waals surface area contributed by atoms with Crippen LogP contribution in [0, 0.1) is 5.92 Å². The Balaban J connectivity index is 1.95. The molecule has 0 radical (unpaired) electrons. The average Bonchev–Trinajstić information content (AvgIpc) is 2.70. The van der Waals surface area contributed by atoms with E-state index in [1.165, 1.54) is 12.1 Å². The lowest BCUT2D eigenvalue weighted by Crippen LogP contribution is -2.32. The van der Waals surface area contributed by atoms with Gasteiger partial charge in [0.15, 0.2) is 0 Å². The summed E-state index contributed by atoms with van der Waals surface area (Å²) in [5.74, 6) is -0.109. The van der Waals surface area contributed by atoms with Gasteiger partial charge in [-0.2, -0.15) is 0 Å². The van der Waals surface area contributed by atoms with Gasteiger partial charge < -0.3 is 10.4 Å². The lowest BCUT2D eigenvalue weighted by molar-refractivity contribution is 0.0916. The van der Waals surface area contributed by atoms with Crippen LogP contribution in [0.3, 0.4) is 0 Å². The van der Waals surface area contributed by atoms with Crippen molar-refractivity contribution in [1.82, 2.24) is 10.3 Å². The molecule has 1 fully saturated rings. The normalized spacial score (nSPS) is 23.1. The van der Waals surface area contributed by atoms with Crippen molar-refractivity contribution in [2.24, 2.45) is 5.92 Å². The van der Waals surface area contributed by atoms with Crippen LogP contribution in [-0.2, 0) is 0 Å². The molecule has 2 N–H and O–H groups in total. The van der Waals surface area contributed by atoms with E-state index >= 15 is 0 Å². The number of carbonyl (C=O) groups excluding carboxylic acids is 1. The number of hydrogen-bond donors (Lipinski definition) is 2. The fourth-order valence-corrected chi connectivity index (χ4v) is 2.64. The summed E-state index contributed by atoms with van der Waals surface area (Å²) in [4.78, 5) is 15.7. The van der Waals surface area contributed by atoms with E-state index in [2.05, 4.69) is 10.3 Å². The van der Waals surface area contributed by atoms with Crippen molar-refractivity contribution in [3.8, 4) is 0 Å². The number of aliphatic hydroxyl groups excluding tert-OH is 1. The Bertz CT molecular complexity index is 433. The van der Waals surface area contributed by atoms with Gasteiger partial charge in [-0.05, 0) is 25.0 Å². The van der Waals surface area contributed by atoms with E-state index in [4.69, 9.17) is 23.2 Å². The van der Waals surface area contributed by atoms with Crippen molar-refractivity contribution in [1.29, 1.82) is 0 Å². The van der Waals surface area contributed by atoms with Crippen molar-refractivity contribution in [2.75, 3.05) is 6.54 Å². The third-order valence-electron chi connectivity index (χ3n) is 3.17. The molecule has 0 aliphatic heterocycles. The molecule has 6 heteroatoms. The Morgan fingerprint density at radius 3 is 2.61 bits per heavy atom. The van der Waals surface area contributed by atoms with Gasteiger partial charge in [-0.15, -0.1) is 0 Å². The maximum Gasteiger partial charge on any atom is 0.251 e. The Hall–Kier alpha value is -0.840. The average molecular weight is 289 g/mol. The number of carbonyl (C=O) groups is 1. The first-order valence-corrected chi connectivity index (χ1v) is 6.61. The highest BCUT2D eigenvalue weighted by Gasteiger charge is 2.25. The van der Waals surface area contributed by atoms with Crippen molar-refractivity contribution in [2.45, 2.75) is 25.4 Å². The van der Waals surface area contributed by atoms with Gasteiger partial charge in [-0.25, -0.2) is 4.98 Å². The number of nitrogens with one attached hydrogen (secondary N) is 1. The molecule has 0 saturated heterocycles. The van der Waals surface area contributed by atoms with E-state index in [9.17, 15) is 9.90 Å². The van der Waals surface area contributed by atoms with Crippen LogP contribution < -0.4 is 5.32 Å². The zero-order valence-electron chi connectivity index (χ0n) is 9.70. The molecule has 1 amide bonds. The molecule has 18 heavy (non-hydrogen) atoms. The fourth-order valence-electron chi connectivity index (χ4n) is 2.18. The van der Waals surface area contributed by atoms with E-state index in [0.717, 1.165) is 19.3 Å². The highest BCUT2D eigenvalue weighted by molar-refractivity contribution is 6.33. The lowest BCUT2D eigenvalue weighted by atomic mass is 10.1. The van der Waals surface area contributed by atoms with Gasteiger partial charge in [0.1, 0.15) is 10.3 Å². The van der Waals surface area contributed by atoms with Crippen molar-refractivity contribution in [3.05, 3.63) is 28.0 Å². The van der Waals surface area contributed by atoms with Crippen LogP contribution in [0.25, 0.3) is 0 Å². The van der Waals surface area contributed by atoms with E-state index in [1.807, 2.05) is 0 Å². The highest BCUT2D eigenvalue weighted by atomic mass is 35.5. The summed E-state index contributed by atoms with van der Waals surface area (Å²) in [6, 6.07) is 2.93. The number of halogens is 2. The van der Waals surface area contributed by atoms with Crippen molar-refractivity contribution in [3.63, 3.8) is 0 Å². The van der Waals surface area contributed by atoms with Gasteiger partial charge in [0.25, 0.3) is 5.91 Å². The second-order valence-corrected chi connectivity index (χ2v) is 5.24. The predicted octanol–water partition coefficient (Wildman–Crippen LogP) is 2.28. The Morgan fingerprint density at radius 1 is 1.39 bits per heavy atom. The quantitative estimate of drug-likeness (QED) is 0.839. The monoisotopic (exact) mass is 288 g/mol. The number of pyridine rings is 1. The molecule has 0 spiro atoms. The molecule has 1 heterocycles. The molecule has 0 aromatic carbocycles. The van der Waals surface area contributed by atoms with Gasteiger partial charge in [-0.3, -0.25) is 4.79 Å². The molecular weight excluding hydrogens is 275 g/mol. The fraction of sp³-hybridized carbons (Fsp3) is 0.500. The number of rotatable bonds is 3. The van der Waals surface area contributed by atoms with Crippen LogP contribution in [0.1, 0.15) is 29.6 Å². The minimum Gasteiger partial charge on any atom is -0.393 e. The molecule has 1 saturated carbocycles. The lowest BCUT2D eigenvalue weighted by Gasteiger charge is -2.15. The molecular formula is C12H14Cl2N2O2. The van der Waals surface area contributed by atoms with E-state index < -0.39 is 0 Å². The van der Waals surface area contributed by atoms with Crippen LogP contribution in [0.5, 0.6) is 0 Å². The topological polar surface area (TPSA) is 62.2 Å². The minimum atomic E-state index is -0.310. The number of amides is 1. The van der Waals surface area contributed by atoms with Gasteiger partial charge >= 0.3 is 0 Å². The van der Waals surface area contributed by atoms with E-state index in [-0.39, 0.29) is 28.2 Å². The molecule has 2 unspecified atom stereocenters. The summed E-state index contributed by atoms with van der Waals surface area (Å²) in [5.41, 5.74) is 0.382. The van der Waals surface area contributed by atoms with Gasteiger partial charge in [0.05, 0.1) is 6.10 Å². The molecule has 2 rings (SSSR count). The van der Waals surface area contributed by atoms with E-state index in [1.54, 1.807) is 0 Å². The zero-order valence-corrected chi connectivity index (χ0v) is 11.2. The van der Waals surface area contributed by atoms with Crippen LogP contribution in [-0.4, -0.2) is 28.6 Å². The Kier molecular flexibility index (Phi) is 4.43. The molecule has 1 aliphatic carbocycles. The molecule has 1 aliphatic rings. The Labute approximate surface area is 115 Å². The first kappa shape index (κ1) is 13.6. The largest absolute Gasteiger partial charge is 0.393 e. The molecule has 2 atom stereocenters. The molecule has 98 valence electrons. The maximum atomic E-state index is 11.9. The van der Waals surface area contributed by atoms with Crippen molar-refractivity contribution < 1.29 is 9.90 Å². The second-order valence-electron chi connectivity index (χ2n) is 4.47. The number of aliphatic hydroxyl groups is 1. The first-order valence-electron chi connectivity index (χ1n) is 5.85. The maximum absolute atomic E-state index is 11.9. The first-order chi connectivity index (χ1) is 8.56. The SMILES string of the molecule is O=C(NCC1CCCC1O)c1cc(Cl)nc(Cl)c1. The van der Waals surface area contributed by atoms with Crippen LogP contribution in [0.15, 0.2) is 12.1 Å². The summed E-state index contributed by atoms with van der Waals surface area (Å²) in [6.07, 6.45) is 2.45. The van der Waals surface area contributed by atoms with Gasteiger partial charge in [-0.1, -0.05) is 29.6 Å². The third kappa shape index (κ3) is 3.34. The third-order valence-corrected chi connectivity index (χ3v) is 3.56. The Morgan fingerprint density at radius 2 is 2.06 bits per heavy atom. The predicted molar refractivity (Wildman–Crippen MR) is 69.9 cm³/mol. The minimum absolute atomic E-state index is 0.140. The van der Waals surface area contributed by atoms with Crippen LogP contribution in [0.4, 0.5) is 0 Å². The van der Waals surface area contributed by atoms with Gasteiger partial charge in [0, 0.05) is 18.0 Å². The van der Waals surface area contributed by atoms with Crippen molar-refractivity contribution >= 4 is 29.1 Å². The summed E-state index contributed by atoms with van der Waals surface area (Å²) >= 11 is 11.5. The summed E-state index contributed by atoms with van der Waals surface area (Å²) in [6.45, 7) is 0.470. The smallest absolute Gasteiger partial charge is 0.251 e. The number of aromatic nitrogens is 1. The summed E-state index contributed by atoms with van der Waals surface area (Å²) in [7, 11) is 0. The number of hydrogen-bond acceptors (Lipinski definition) is 3. The van der Waals surface area contributed by atoms with Gasteiger partial charge in [0.2, 0.25) is 0 Å². The molecule has 1 aromatic heterocycles. The summed E-state index contributed by atoms with van der Waals surface area (Å²) < 4.78 is 0. The molecule has 4 nitrogen and oxygen atoms in total. The highest BCUT2D eigenvalue weighted by Crippen LogP contribution is 2.24. The molecule has 1 aromatic rings. The zero-order chi connectivity index (χ0) is 13.1. The summed E-state index contributed by atoms with van der Waals surface area (Å²) in [5, 5.41) is 12.8. The standard InChI is InChI=1S/C12H14Cl2N2O2/c13-10-4-8(5-11(14)16-10)12(18)15-6-7-2-1-3-9(7)17/h4-5,7,9,17H,1-3,6H2,(H,15,18). The van der Waals surface area contributed by atoms with Crippen LogP contribution in [0.2, 0.25) is 10.3 Å². The number of nitrogens with zero attached hydrogens (tertiary/aromatic N) is 1. The van der Waals surface area contributed by atoms with E-state index in [0.29, 0.717) is 12.1 Å². The molecule has 0 bridgehead atoms. The second kappa shape index (κ2) is 5.87. The van der Waals surface area contributed by atoms with Crippen LogP contribution >= 0.6 is 23.2 Å².